The van der Waals surface area contributed by atoms with Gasteiger partial charge in [-0.1, -0.05) is 19.8 Å². The van der Waals surface area contributed by atoms with Crippen LogP contribution in [0.3, 0.4) is 0 Å². The van der Waals surface area contributed by atoms with Crippen molar-refractivity contribution in [1.29, 1.82) is 0 Å². The fraction of sp³-hybridized carbons (Fsp3) is 0.833. The van der Waals surface area contributed by atoms with E-state index in [9.17, 15) is 9.59 Å². The van der Waals surface area contributed by atoms with Crippen LogP contribution in [0.2, 0.25) is 0 Å². The number of hydrogen-bond donors (Lipinski definition) is 2. The van der Waals surface area contributed by atoms with Crippen molar-refractivity contribution in [2.45, 2.75) is 45.1 Å². The van der Waals surface area contributed by atoms with Gasteiger partial charge in [0.25, 0.3) is 0 Å². The minimum atomic E-state index is -0.320. The second kappa shape index (κ2) is 7.27. The summed E-state index contributed by atoms with van der Waals surface area (Å²) in [7, 11) is 0. The largest absolute Gasteiger partial charge is 0.372 e. The summed E-state index contributed by atoms with van der Waals surface area (Å²) in [5, 5.41) is 2.82. The van der Waals surface area contributed by atoms with E-state index in [0.29, 0.717) is 6.61 Å². The summed E-state index contributed by atoms with van der Waals surface area (Å²) in [6, 6.07) is -0.102. The molecule has 1 fully saturated rings. The number of rotatable bonds is 7. The van der Waals surface area contributed by atoms with E-state index in [4.69, 9.17) is 10.5 Å². The number of unbranched alkanes of at least 4 members (excludes halogenated alkanes) is 1. The second-order valence-electron chi connectivity index (χ2n) is 4.52. The number of carbonyl (C=O) groups excluding carboxylic acids is 2. The van der Waals surface area contributed by atoms with Crippen molar-refractivity contribution in [2.75, 3.05) is 13.2 Å². The van der Waals surface area contributed by atoms with Crippen LogP contribution in [0.5, 0.6) is 0 Å². The first-order valence-corrected chi connectivity index (χ1v) is 6.31. The van der Waals surface area contributed by atoms with Crippen molar-refractivity contribution in [2.24, 2.45) is 11.7 Å². The number of ether oxygens (including phenoxy) is 1. The Morgan fingerprint density at radius 2 is 2.18 bits per heavy atom. The molecule has 0 aliphatic heterocycles. The van der Waals surface area contributed by atoms with Crippen LogP contribution in [0.4, 0.5) is 0 Å². The van der Waals surface area contributed by atoms with Gasteiger partial charge in [-0.05, 0) is 19.3 Å². The van der Waals surface area contributed by atoms with Gasteiger partial charge in [-0.2, -0.15) is 0 Å². The monoisotopic (exact) mass is 242 g/mol. The molecule has 2 amide bonds. The molecular weight excluding hydrogens is 220 g/mol. The van der Waals surface area contributed by atoms with Gasteiger partial charge in [0.1, 0.15) is 6.61 Å². The maximum atomic E-state index is 11.5. The van der Waals surface area contributed by atoms with Gasteiger partial charge in [-0.15, -0.1) is 0 Å². The molecule has 0 saturated heterocycles. The Labute approximate surface area is 102 Å². The SMILES string of the molecule is CCCCOCC(=O)N[C@H]1CCC[C@@H]1C(N)=O. The van der Waals surface area contributed by atoms with Gasteiger partial charge in [-0.3, -0.25) is 9.59 Å². The zero-order valence-corrected chi connectivity index (χ0v) is 10.4. The lowest BCUT2D eigenvalue weighted by atomic mass is 10.0. The van der Waals surface area contributed by atoms with E-state index < -0.39 is 0 Å². The fourth-order valence-corrected chi connectivity index (χ4v) is 2.13. The molecule has 0 heterocycles. The van der Waals surface area contributed by atoms with Crippen molar-refractivity contribution in [1.82, 2.24) is 5.32 Å². The molecule has 0 aromatic rings. The van der Waals surface area contributed by atoms with Crippen molar-refractivity contribution in [3.8, 4) is 0 Å². The first-order chi connectivity index (χ1) is 8.15. The van der Waals surface area contributed by atoms with Crippen molar-refractivity contribution >= 4 is 11.8 Å². The third kappa shape index (κ3) is 4.73. The number of nitrogens with one attached hydrogen (secondary N) is 1. The third-order valence-electron chi connectivity index (χ3n) is 3.10. The van der Waals surface area contributed by atoms with E-state index in [1.807, 2.05) is 0 Å². The van der Waals surface area contributed by atoms with E-state index in [1.165, 1.54) is 0 Å². The number of carbonyl (C=O) groups is 2. The Morgan fingerprint density at radius 3 is 2.82 bits per heavy atom. The molecule has 0 aromatic heterocycles. The lowest BCUT2D eigenvalue weighted by Crippen LogP contribution is -2.43. The normalized spacial score (nSPS) is 23.6. The summed E-state index contributed by atoms with van der Waals surface area (Å²) in [5.74, 6) is -0.687. The molecule has 3 N–H and O–H groups in total. The average Bonchev–Trinajstić information content (AvgIpc) is 2.72. The molecule has 0 bridgehead atoms. The first kappa shape index (κ1) is 14.0. The van der Waals surface area contributed by atoms with E-state index in [1.54, 1.807) is 0 Å². The highest BCUT2D eigenvalue weighted by atomic mass is 16.5. The smallest absolute Gasteiger partial charge is 0.246 e. The van der Waals surface area contributed by atoms with Crippen LogP contribution in [-0.2, 0) is 14.3 Å². The van der Waals surface area contributed by atoms with Gasteiger partial charge >= 0.3 is 0 Å². The van der Waals surface area contributed by atoms with Crippen molar-refractivity contribution in [3.63, 3.8) is 0 Å². The summed E-state index contributed by atoms with van der Waals surface area (Å²) in [6.45, 7) is 2.75. The Balaban J connectivity index is 2.23. The summed E-state index contributed by atoms with van der Waals surface area (Å²) >= 11 is 0. The molecule has 1 aliphatic rings. The van der Waals surface area contributed by atoms with Gasteiger partial charge in [0.15, 0.2) is 0 Å². The molecule has 0 spiro atoms. The topological polar surface area (TPSA) is 81.4 Å². The van der Waals surface area contributed by atoms with Crippen molar-refractivity contribution in [3.05, 3.63) is 0 Å². The van der Waals surface area contributed by atoms with Crippen LogP contribution in [0.1, 0.15) is 39.0 Å². The number of amides is 2. The highest BCUT2D eigenvalue weighted by Crippen LogP contribution is 2.25. The van der Waals surface area contributed by atoms with E-state index in [0.717, 1.165) is 32.1 Å². The van der Waals surface area contributed by atoms with E-state index >= 15 is 0 Å². The molecule has 5 heteroatoms. The standard InChI is InChI=1S/C12H22N2O3/c1-2-3-7-17-8-11(15)14-10-6-4-5-9(10)12(13)16/h9-10H,2-8H2,1H3,(H2,13,16)(H,14,15)/t9-,10-/m0/s1. The minimum Gasteiger partial charge on any atom is -0.372 e. The summed E-state index contributed by atoms with van der Waals surface area (Å²) in [5.41, 5.74) is 5.28. The fourth-order valence-electron chi connectivity index (χ4n) is 2.13. The molecule has 0 radical (unpaired) electrons. The van der Waals surface area contributed by atoms with E-state index in [2.05, 4.69) is 12.2 Å². The van der Waals surface area contributed by atoms with Crippen LogP contribution >= 0.6 is 0 Å². The van der Waals surface area contributed by atoms with Gasteiger partial charge in [-0.25, -0.2) is 0 Å². The third-order valence-corrected chi connectivity index (χ3v) is 3.10. The molecule has 1 saturated carbocycles. The Kier molecular flexibility index (Phi) is 5.97. The Hall–Kier alpha value is -1.10. The molecule has 98 valence electrons. The molecule has 1 rings (SSSR count). The molecule has 2 atom stereocenters. The van der Waals surface area contributed by atoms with Gasteiger partial charge in [0.2, 0.25) is 11.8 Å². The van der Waals surface area contributed by atoms with E-state index in [-0.39, 0.29) is 30.4 Å². The maximum absolute atomic E-state index is 11.5. The van der Waals surface area contributed by atoms with Crippen molar-refractivity contribution < 1.29 is 14.3 Å². The molecule has 0 unspecified atom stereocenters. The Bertz CT molecular complexity index is 268. The van der Waals surface area contributed by atoms with Crippen LogP contribution in [0, 0.1) is 5.92 Å². The van der Waals surface area contributed by atoms with Crippen LogP contribution in [0.15, 0.2) is 0 Å². The predicted molar refractivity (Wildman–Crippen MR) is 64.2 cm³/mol. The summed E-state index contributed by atoms with van der Waals surface area (Å²) < 4.78 is 5.21. The number of hydrogen-bond acceptors (Lipinski definition) is 3. The number of primary amides is 1. The lowest BCUT2D eigenvalue weighted by Gasteiger charge is -2.18. The van der Waals surface area contributed by atoms with Gasteiger partial charge < -0.3 is 15.8 Å². The first-order valence-electron chi connectivity index (χ1n) is 6.31. The zero-order chi connectivity index (χ0) is 12.7. The summed E-state index contributed by atoms with van der Waals surface area (Å²) in [4.78, 5) is 22.7. The van der Waals surface area contributed by atoms with Crippen LogP contribution < -0.4 is 11.1 Å². The molecule has 5 nitrogen and oxygen atoms in total. The maximum Gasteiger partial charge on any atom is 0.246 e. The molecular formula is C12H22N2O3. The minimum absolute atomic E-state index is 0.0714. The highest BCUT2D eigenvalue weighted by Gasteiger charge is 2.32. The molecule has 0 aromatic carbocycles. The second-order valence-corrected chi connectivity index (χ2v) is 4.52. The quantitative estimate of drug-likeness (QED) is 0.640. The Morgan fingerprint density at radius 1 is 1.41 bits per heavy atom. The molecule has 1 aliphatic carbocycles. The van der Waals surface area contributed by atoms with Gasteiger partial charge in [0, 0.05) is 12.6 Å². The van der Waals surface area contributed by atoms with Crippen LogP contribution in [-0.4, -0.2) is 31.1 Å². The number of nitrogens with two attached hydrogens (primary N) is 1. The average molecular weight is 242 g/mol. The van der Waals surface area contributed by atoms with Gasteiger partial charge in [0.05, 0.1) is 5.92 Å². The lowest BCUT2D eigenvalue weighted by molar-refractivity contribution is -0.127. The van der Waals surface area contributed by atoms with Crippen LogP contribution in [0.25, 0.3) is 0 Å². The highest BCUT2D eigenvalue weighted by molar-refractivity contribution is 5.81. The molecule has 17 heavy (non-hydrogen) atoms. The zero-order valence-electron chi connectivity index (χ0n) is 10.4. The predicted octanol–water partition coefficient (Wildman–Crippen LogP) is 0.573. The summed E-state index contributed by atoms with van der Waals surface area (Å²) in [6.07, 6.45) is 4.55.